The van der Waals surface area contributed by atoms with Gasteiger partial charge in [0, 0.05) is 18.9 Å². The van der Waals surface area contributed by atoms with E-state index in [1.807, 2.05) is 41.1 Å². The Morgan fingerprint density at radius 3 is 2.82 bits per heavy atom. The molecule has 0 aliphatic rings. The molecule has 0 aliphatic carbocycles. The van der Waals surface area contributed by atoms with E-state index in [0.29, 0.717) is 6.54 Å². The van der Waals surface area contributed by atoms with Crippen LogP contribution in [0.3, 0.4) is 0 Å². The molecule has 0 unspecified atom stereocenters. The third-order valence-corrected chi connectivity index (χ3v) is 2.42. The van der Waals surface area contributed by atoms with Gasteiger partial charge < -0.3 is 15.6 Å². The maximum atomic E-state index is 10.6. The molecule has 5 heteroatoms. The fourth-order valence-electron chi connectivity index (χ4n) is 1.60. The third-order valence-electron chi connectivity index (χ3n) is 2.42. The number of rotatable bonds is 4. The van der Waals surface area contributed by atoms with Crippen LogP contribution in [0, 0.1) is 0 Å². The number of carbonyl (C=O) groups is 1. The fourth-order valence-corrected chi connectivity index (χ4v) is 1.60. The number of carbonyl (C=O) groups excluding carboxylic acids is 1. The van der Waals surface area contributed by atoms with E-state index in [2.05, 4.69) is 10.3 Å². The zero-order valence-electron chi connectivity index (χ0n) is 9.34. The summed E-state index contributed by atoms with van der Waals surface area (Å²) < 4.78 is 1.98. The summed E-state index contributed by atoms with van der Waals surface area (Å²) in [5, 5.41) is 2.53. The Bertz CT molecular complexity index is 492. The zero-order valence-corrected chi connectivity index (χ0v) is 9.34. The molecule has 3 N–H and O–H groups in total. The van der Waals surface area contributed by atoms with Crippen molar-refractivity contribution in [2.45, 2.75) is 13.1 Å². The third kappa shape index (κ3) is 3.07. The molecule has 0 aliphatic heterocycles. The van der Waals surface area contributed by atoms with Crippen LogP contribution in [0.4, 0.5) is 4.79 Å². The number of amides is 2. The lowest BCUT2D eigenvalue weighted by Gasteiger charge is -2.08. The molecular weight excluding hydrogens is 216 g/mol. The molecular formula is C12H14N4O. The molecule has 2 aromatic rings. The molecule has 88 valence electrons. The van der Waals surface area contributed by atoms with Gasteiger partial charge in [0.05, 0.1) is 6.54 Å². The second-order valence-corrected chi connectivity index (χ2v) is 3.67. The minimum atomic E-state index is -0.542. The van der Waals surface area contributed by atoms with E-state index >= 15 is 0 Å². The number of benzene rings is 1. The average Bonchev–Trinajstić information content (AvgIpc) is 2.75. The maximum absolute atomic E-state index is 10.6. The molecule has 1 aromatic heterocycles. The quantitative estimate of drug-likeness (QED) is 0.825. The number of primary amides is 1. The molecule has 0 atom stereocenters. The molecule has 1 aromatic carbocycles. The lowest BCUT2D eigenvalue weighted by molar-refractivity contribution is 0.248. The van der Waals surface area contributed by atoms with Gasteiger partial charge in [-0.2, -0.15) is 0 Å². The monoisotopic (exact) mass is 230 g/mol. The Morgan fingerprint density at radius 2 is 2.12 bits per heavy atom. The summed E-state index contributed by atoms with van der Waals surface area (Å²) in [5.74, 6) is 0.785. The molecule has 5 nitrogen and oxygen atoms in total. The van der Waals surface area contributed by atoms with Crippen molar-refractivity contribution in [1.82, 2.24) is 14.9 Å². The highest BCUT2D eigenvalue weighted by atomic mass is 16.2. The number of hydrogen-bond donors (Lipinski definition) is 2. The number of imidazole rings is 1. The summed E-state index contributed by atoms with van der Waals surface area (Å²) in [6, 6.07) is 9.52. The second-order valence-electron chi connectivity index (χ2n) is 3.67. The second kappa shape index (κ2) is 5.16. The molecule has 0 bridgehead atoms. The molecule has 17 heavy (non-hydrogen) atoms. The average molecular weight is 230 g/mol. The van der Waals surface area contributed by atoms with Crippen LogP contribution in [-0.2, 0) is 13.1 Å². The van der Waals surface area contributed by atoms with Gasteiger partial charge in [-0.25, -0.2) is 9.78 Å². The van der Waals surface area contributed by atoms with Crippen LogP contribution in [0.15, 0.2) is 42.7 Å². The minimum Gasteiger partial charge on any atom is -0.352 e. The van der Waals surface area contributed by atoms with Crippen molar-refractivity contribution in [3.8, 4) is 0 Å². The van der Waals surface area contributed by atoms with Crippen LogP contribution in [0.25, 0.3) is 0 Å². The Labute approximate surface area is 99.3 Å². The first-order valence-electron chi connectivity index (χ1n) is 5.33. The Morgan fingerprint density at radius 1 is 1.35 bits per heavy atom. The predicted molar refractivity (Wildman–Crippen MR) is 64.2 cm³/mol. The maximum Gasteiger partial charge on any atom is 0.312 e. The number of nitrogens with zero attached hydrogens (tertiary/aromatic N) is 2. The molecule has 2 amide bonds. The van der Waals surface area contributed by atoms with Crippen LogP contribution in [0.5, 0.6) is 0 Å². The first-order valence-corrected chi connectivity index (χ1v) is 5.33. The van der Waals surface area contributed by atoms with E-state index in [1.54, 1.807) is 6.20 Å². The highest BCUT2D eigenvalue weighted by molar-refractivity contribution is 5.71. The van der Waals surface area contributed by atoms with Gasteiger partial charge in [-0.15, -0.1) is 0 Å². The highest BCUT2D eigenvalue weighted by Gasteiger charge is 2.03. The minimum absolute atomic E-state index is 0.342. The van der Waals surface area contributed by atoms with Crippen LogP contribution < -0.4 is 11.1 Å². The van der Waals surface area contributed by atoms with Gasteiger partial charge in [0.25, 0.3) is 0 Å². The smallest absolute Gasteiger partial charge is 0.312 e. The van der Waals surface area contributed by atoms with Crippen molar-refractivity contribution in [1.29, 1.82) is 0 Å². The zero-order chi connectivity index (χ0) is 12.1. The van der Waals surface area contributed by atoms with E-state index < -0.39 is 6.03 Å². The highest BCUT2D eigenvalue weighted by Crippen LogP contribution is 2.05. The Hall–Kier alpha value is -2.30. The standard InChI is InChI=1S/C12H14N4O/c13-12(17)15-8-11-14-6-7-16(11)9-10-4-2-1-3-5-10/h1-7H,8-9H2,(H3,13,15,17). The van der Waals surface area contributed by atoms with Crippen LogP contribution in [0.2, 0.25) is 0 Å². The molecule has 0 saturated heterocycles. The van der Waals surface area contributed by atoms with Crippen molar-refractivity contribution in [2.24, 2.45) is 5.73 Å². The molecule has 2 rings (SSSR count). The number of aromatic nitrogens is 2. The number of nitrogens with one attached hydrogen (secondary N) is 1. The lowest BCUT2D eigenvalue weighted by Crippen LogP contribution is -2.29. The van der Waals surface area contributed by atoms with Crippen molar-refractivity contribution in [2.75, 3.05) is 0 Å². The molecule has 1 heterocycles. The first kappa shape index (κ1) is 11.2. The van der Waals surface area contributed by atoms with Crippen LogP contribution in [0.1, 0.15) is 11.4 Å². The van der Waals surface area contributed by atoms with Gasteiger partial charge in [-0.1, -0.05) is 30.3 Å². The van der Waals surface area contributed by atoms with Gasteiger partial charge in [-0.05, 0) is 5.56 Å². The van der Waals surface area contributed by atoms with E-state index in [1.165, 1.54) is 5.56 Å². The van der Waals surface area contributed by atoms with Gasteiger partial charge in [0.15, 0.2) is 0 Å². The summed E-state index contributed by atoms with van der Waals surface area (Å²) >= 11 is 0. The van der Waals surface area contributed by atoms with Gasteiger partial charge in [0.2, 0.25) is 0 Å². The topological polar surface area (TPSA) is 72.9 Å². The summed E-state index contributed by atoms with van der Waals surface area (Å²) in [7, 11) is 0. The molecule has 0 fully saturated rings. The lowest BCUT2D eigenvalue weighted by atomic mass is 10.2. The van der Waals surface area contributed by atoms with Crippen molar-refractivity contribution in [3.05, 3.63) is 54.1 Å². The van der Waals surface area contributed by atoms with E-state index in [9.17, 15) is 4.79 Å². The normalized spacial score (nSPS) is 10.1. The Balaban J connectivity index is 2.06. The van der Waals surface area contributed by atoms with E-state index in [-0.39, 0.29) is 0 Å². The number of nitrogens with two attached hydrogens (primary N) is 1. The van der Waals surface area contributed by atoms with Gasteiger partial charge in [-0.3, -0.25) is 0 Å². The van der Waals surface area contributed by atoms with Crippen molar-refractivity contribution in [3.63, 3.8) is 0 Å². The molecule has 0 spiro atoms. The Kier molecular flexibility index (Phi) is 3.40. The van der Waals surface area contributed by atoms with Crippen LogP contribution >= 0.6 is 0 Å². The fraction of sp³-hybridized carbons (Fsp3) is 0.167. The summed E-state index contributed by atoms with van der Waals surface area (Å²) in [4.78, 5) is 14.8. The number of urea groups is 1. The first-order chi connectivity index (χ1) is 8.25. The summed E-state index contributed by atoms with van der Waals surface area (Å²) in [5.41, 5.74) is 6.21. The van der Waals surface area contributed by atoms with Crippen molar-refractivity contribution >= 4 is 6.03 Å². The number of hydrogen-bond acceptors (Lipinski definition) is 2. The predicted octanol–water partition coefficient (Wildman–Crippen LogP) is 1.10. The van der Waals surface area contributed by atoms with E-state index in [4.69, 9.17) is 5.73 Å². The van der Waals surface area contributed by atoms with E-state index in [0.717, 1.165) is 12.4 Å². The van der Waals surface area contributed by atoms with Crippen LogP contribution in [-0.4, -0.2) is 15.6 Å². The van der Waals surface area contributed by atoms with Gasteiger partial charge >= 0.3 is 6.03 Å². The van der Waals surface area contributed by atoms with Crippen molar-refractivity contribution < 1.29 is 4.79 Å². The SMILES string of the molecule is NC(=O)NCc1nccn1Cc1ccccc1. The largest absolute Gasteiger partial charge is 0.352 e. The molecule has 0 radical (unpaired) electrons. The summed E-state index contributed by atoms with van der Waals surface area (Å²) in [6.07, 6.45) is 3.59. The van der Waals surface area contributed by atoms with Gasteiger partial charge in [0.1, 0.15) is 5.82 Å². The molecule has 0 saturated carbocycles. The summed E-state index contributed by atoms with van der Waals surface area (Å²) in [6.45, 7) is 1.08.